The van der Waals surface area contributed by atoms with E-state index in [1.54, 1.807) is 0 Å². The summed E-state index contributed by atoms with van der Waals surface area (Å²) in [6, 6.07) is 6.12. The number of nitrogens with one attached hydrogen (secondary N) is 1. The maximum absolute atomic E-state index is 11.4. The lowest BCUT2D eigenvalue weighted by atomic mass is 9.99. The number of carbonyl (C=O) groups excluding carboxylic acids is 1. The lowest BCUT2D eigenvalue weighted by Gasteiger charge is -2.39. The van der Waals surface area contributed by atoms with Crippen molar-refractivity contribution in [2.75, 3.05) is 11.2 Å². The van der Waals surface area contributed by atoms with E-state index in [1.807, 2.05) is 12.1 Å². The van der Waals surface area contributed by atoms with Gasteiger partial charge < -0.3 is 9.74 Å². The summed E-state index contributed by atoms with van der Waals surface area (Å²) in [5, 5.41) is 3.06. The molecule has 0 saturated carbocycles. The Balaban J connectivity index is 2.23. The summed E-state index contributed by atoms with van der Waals surface area (Å²) in [4.78, 5) is 11.4. The van der Waals surface area contributed by atoms with Crippen LogP contribution in [0.25, 0.3) is 0 Å². The molecule has 1 N–H and O–H groups in total. The molecule has 0 aliphatic carbocycles. The number of hydrogen-bond acceptors (Lipinski definition) is 2. The van der Waals surface area contributed by atoms with Crippen LogP contribution in [0.3, 0.4) is 0 Å². The van der Waals surface area contributed by atoms with E-state index >= 15 is 0 Å². The number of carbonyl (C=O) groups is 1. The van der Waals surface area contributed by atoms with Gasteiger partial charge in [0.2, 0.25) is 5.91 Å². The fourth-order valence-electron chi connectivity index (χ4n) is 2.32. The molecule has 0 unspecified atom stereocenters. The minimum atomic E-state index is -1.87. The Morgan fingerprint density at radius 2 is 2.00 bits per heavy atom. The smallest absolute Gasteiger partial charge is 0.224 e. The Morgan fingerprint density at radius 1 is 1.32 bits per heavy atom. The first kappa shape index (κ1) is 17.5. The molecule has 1 atom stereocenters. The average Bonchev–Trinajstić information content (AvgIpc) is 2.43. The summed E-state index contributed by atoms with van der Waals surface area (Å²) in [7, 11) is -1.87. The number of rotatable bonds is 4. The molecule has 0 fully saturated rings. The molecular formula is C17H26ClNO2Si. The number of alkyl halides is 1. The Hall–Kier alpha value is -0.843. The maximum Gasteiger partial charge on any atom is 0.224 e. The van der Waals surface area contributed by atoms with E-state index in [2.05, 4.69) is 45.2 Å². The van der Waals surface area contributed by atoms with Gasteiger partial charge in [-0.15, -0.1) is 11.6 Å². The molecule has 5 heteroatoms. The molecule has 0 saturated heterocycles. The van der Waals surface area contributed by atoms with Crippen LogP contribution in [0.15, 0.2) is 18.2 Å². The highest BCUT2D eigenvalue weighted by Gasteiger charge is 2.39. The molecule has 122 valence electrons. The van der Waals surface area contributed by atoms with E-state index in [4.69, 9.17) is 16.0 Å². The van der Waals surface area contributed by atoms with Crippen molar-refractivity contribution in [2.45, 2.75) is 57.8 Å². The summed E-state index contributed by atoms with van der Waals surface area (Å²) < 4.78 is 6.47. The maximum atomic E-state index is 11.4. The second kappa shape index (κ2) is 6.34. The Bertz CT molecular complexity index is 566. The molecule has 1 heterocycles. The zero-order valence-electron chi connectivity index (χ0n) is 14.1. The third-order valence-corrected chi connectivity index (χ3v) is 9.55. The van der Waals surface area contributed by atoms with Crippen molar-refractivity contribution in [1.82, 2.24) is 0 Å². The van der Waals surface area contributed by atoms with Gasteiger partial charge in [0.25, 0.3) is 0 Å². The lowest BCUT2D eigenvalue weighted by molar-refractivity contribution is -0.116. The first-order valence-corrected chi connectivity index (χ1v) is 11.2. The first-order valence-electron chi connectivity index (χ1n) is 7.80. The van der Waals surface area contributed by atoms with Crippen molar-refractivity contribution in [1.29, 1.82) is 0 Å². The normalized spacial score (nSPS) is 16.9. The quantitative estimate of drug-likeness (QED) is 0.627. The van der Waals surface area contributed by atoms with E-state index < -0.39 is 8.32 Å². The van der Waals surface area contributed by atoms with Gasteiger partial charge >= 0.3 is 0 Å². The Kier molecular flexibility index (Phi) is 5.05. The topological polar surface area (TPSA) is 38.3 Å². The molecule has 0 bridgehead atoms. The van der Waals surface area contributed by atoms with E-state index in [-0.39, 0.29) is 17.0 Å². The molecule has 0 aromatic heterocycles. The summed E-state index contributed by atoms with van der Waals surface area (Å²) >= 11 is 6.19. The van der Waals surface area contributed by atoms with Gasteiger partial charge in [0, 0.05) is 12.1 Å². The lowest BCUT2D eigenvalue weighted by Crippen LogP contribution is -2.42. The van der Waals surface area contributed by atoms with Crippen LogP contribution in [0.2, 0.25) is 18.1 Å². The number of fused-ring (bicyclic) bond motifs is 1. The molecule has 0 spiro atoms. The van der Waals surface area contributed by atoms with Crippen LogP contribution < -0.4 is 5.32 Å². The third kappa shape index (κ3) is 3.73. The van der Waals surface area contributed by atoms with Crippen molar-refractivity contribution < 1.29 is 9.22 Å². The van der Waals surface area contributed by atoms with Crippen LogP contribution in [0, 0.1) is 0 Å². The van der Waals surface area contributed by atoms with Crippen molar-refractivity contribution in [2.24, 2.45) is 0 Å². The predicted octanol–water partition coefficient (Wildman–Crippen LogP) is 4.87. The third-order valence-electron chi connectivity index (χ3n) is 4.78. The van der Waals surface area contributed by atoms with Crippen LogP contribution in [-0.4, -0.2) is 20.1 Å². The molecule has 1 aliphatic rings. The zero-order chi connectivity index (χ0) is 16.5. The van der Waals surface area contributed by atoms with Gasteiger partial charge in [-0.05, 0) is 41.7 Å². The van der Waals surface area contributed by atoms with Crippen molar-refractivity contribution in [3.63, 3.8) is 0 Å². The summed E-state index contributed by atoms with van der Waals surface area (Å²) in [5.74, 6) is 0.532. The number of anilines is 1. The van der Waals surface area contributed by atoms with Crippen LogP contribution in [0.5, 0.6) is 0 Å². The largest absolute Gasteiger partial charge is 0.409 e. The number of benzene rings is 1. The predicted molar refractivity (Wildman–Crippen MR) is 95.1 cm³/mol. The van der Waals surface area contributed by atoms with E-state index in [0.29, 0.717) is 12.3 Å². The monoisotopic (exact) mass is 339 g/mol. The van der Waals surface area contributed by atoms with Crippen LogP contribution >= 0.6 is 11.6 Å². The second-order valence-corrected chi connectivity index (χ2v) is 12.6. The van der Waals surface area contributed by atoms with Crippen molar-refractivity contribution in [3.8, 4) is 0 Å². The molecule has 22 heavy (non-hydrogen) atoms. The van der Waals surface area contributed by atoms with Gasteiger partial charge in [-0.2, -0.15) is 0 Å². The van der Waals surface area contributed by atoms with Gasteiger partial charge in [-0.3, -0.25) is 4.79 Å². The molecule has 0 radical (unpaired) electrons. The highest BCUT2D eigenvalue weighted by Crippen LogP contribution is 2.40. The molecule has 1 aromatic carbocycles. The number of hydrogen-bond donors (Lipinski definition) is 1. The summed E-state index contributed by atoms with van der Waals surface area (Å²) in [5.41, 5.74) is 3.20. The minimum Gasteiger partial charge on any atom is -0.409 e. The highest BCUT2D eigenvalue weighted by atomic mass is 35.5. The fourth-order valence-corrected chi connectivity index (χ4v) is 3.96. The first-order chi connectivity index (χ1) is 10.1. The average molecular weight is 340 g/mol. The minimum absolute atomic E-state index is 0.0895. The highest BCUT2D eigenvalue weighted by molar-refractivity contribution is 6.74. The fraction of sp³-hybridized carbons (Fsp3) is 0.588. The standard InChI is InChI=1S/C17H26ClNO2Si/c1-17(2,3)22(4,5)21-15(11-18)13-6-8-14-12(10-13)7-9-16(20)19-14/h6,8,10,15H,7,9,11H2,1-5H3,(H,19,20)/t15-/m1/s1. The molecule has 1 amide bonds. The number of halogens is 1. The molecule has 1 aliphatic heterocycles. The van der Waals surface area contributed by atoms with Gasteiger partial charge in [-0.25, -0.2) is 0 Å². The summed E-state index contributed by atoms with van der Waals surface area (Å²) in [6.45, 7) is 11.2. The Morgan fingerprint density at radius 3 is 2.59 bits per heavy atom. The van der Waals surface area contributed by atoms with Gasteiger partial charge in [0.15, 0.2) is 8.32 Å². The zero-order valence-corrected chi connectivity index (χ0v) is 15.9. The molecule has 2 rings (SSSR count). The van der Waals surface area contributed by atoms with Gasteiger partial charge in [-0.1, -0.05) is 32.9 Å². The van der Waals surface area contributed by atoms with Crippen LogP contribution in [0.1, 0.15) is 44.4 Å². The SMILES string of the molecule is CC(C)(C)[Si](C)(C)O[C@H](CCl)c1ccc2c(c1)CCC(=O)N2. The van der Waals surface area contributed by atoms with Gasteiger partial charge in [0.1, 0.15) is 0 Å². The summed E-state index contributed by atoms with van der Waals surface area (Å²) in [6.07, 6.45) is 1.24. The van der Waals surface area contributed by atoms with Crippen LogP contribution in [-0.2, 0) is 15.6 Å². The van der Waals surface area contributed by atoms with Crippen molar-refractivity contribution >= 4 is 31.5 Å². The van der Waals surface area contributed by atoms with Crippen molar-refractivity contribution in [3.05, 3.63) is 29.3 Å². The molecular weight excluding hydrogens is 314 g/mol. The van der Waals surface area contributed by atoms with Gasteiger partial charge in [0.05, 0.1) is 12.0 Å². The number of amides is 1. The second-order valence-electron chi connectivity index (χ2n) is 7.49. The number of aryl methyl sites for hydroxylation is 1. The van der Waals surface area contributed by atoms with E-state index in [1.165, 1.54) is 5.56 Å². The molecule has 1 aromatic rings. The van der Waals surface area contributed by atoms with Crippen LogP contribution in [0.4, 0.5) is 5.69 Å². The van der Waals surface area contributed by atoms with E-state index in [0.717, 1.165) is 17.7 Å². The van der Waals surface area contributed by atoms with E-state index in [9.17, 15) is 4.79 Å². The molecule has 3 nitrogen and oxygen atoms in total. The Labute approximate surface area is 139 Å².